The smallest absolute Gasteiger partial charge is 0.384 e. The van der Waals surface area contributed by atoms with Crippen LogP contribution in [0.25, 0.3) is 0 Å². The molecule has 0 bridgehead atoms. The first-order valence-electron chi connectivity index (χ1n) is 5.47. The summed E-state index contributed by atoms with van der Waals surface area (Å²) in [6.45, 7) is 1.96. The van der Waals surface area contributed by atoms with Gasteiger partial charge in [0.15, 0.2) is 0 Å². The number of nitrogens with one attached hydrogen (secondary N) is 1. The minimum Gasteiger partial charge on any atom is -0.384 e. The molecule has 1 rings (SSSR count). The molecule has 0 aliphatic carbocycles. The Morgan fingerprint density at radius 3 is 2.61 bits per heavy atom. The van der Waals surface area contributed by atoms with Crippen molar-refractivity contribution in [3.63, 3.8) is 0 Å². The van der Waals surface area contributed by atoms with Gasteiger partial charge >= 0.3 is 6.18 Å². The van der Waals surface area contributed by atoms with Crippen molar-refractivity contribution in [2.45, 2.75) is 25.6 Å². The van der Waals surface area contributed by atoms with Gasteiger partial charge in [-0.15, -0.1) is 0 Å². The molecule has 1 unspecified atom stereocenters. The highest BCUT2D eigenvalue weighted by Gasteiger charge is 2.31. The van der Waals surface area contributed by atoms with E-state index in [4.69, 9.17) is 5.73 Å². The molecule has 0 fully saturated rings. The number of nitrogens with two attached hydrogens (primary N) is 1. The lowest BCUT2D eigenvalue weighted by Crippen LogP contribution is -2.22. The molecule has 0 amide bonds. The maximum atomic E-state index is 12.6. The molecule has 0 spiro atoms. The van der Waals surface area contributed by atoms with Gasteiger partial charge in [-0.25, -0.2) is 4.98 Å². The van der Waals surface area contributed by atoms with E-state index < -0.39 is 11.7 Å². The SMILES string of the molecule is CCC(CSC)Nc1cc(C(F)(F)F)cc(N)n1. The van der Waals surface area contributed by atoms with E-state index in [-0.39, 0.29) is 17.7 Å². The lowest BCUT2D eigenvalue weighted by Gasteiger charge is -2.17. The molecular weight excluding hydrogens is 263 g/mol. The summed E-state index contributed by atoms with van der Waals surface area (Å²) < 4.78 is 37.8. The Bertz CT molecular complexity index is 396. The van der Waals surface area contributed by atoms with Crippen LogP contribution >= 0.6 is 11.8 Å². The molecule has 0 aliphatic rings. The number of anilines is 2. The Morgan fingerprint density at radius 1 is 1.44 bits per heavy atom. The van der Waals surface area contributed by atoms with Gasteiger partial charge in [0.05, 0.1) is 5.56 Å². The Kier molecular flexibility index (Phi) is 5.13. The van der Waals surface area contributed by atoms with E-state index >= 15 is 0 Å². The third kappa shape index (κ3) is 4.29. The summed E-state index contributed by atoms with van der Waals surface area (Å²) in [7, 11) is 0. The predicted molar refractivity (Wildman–Crippen MR) is 69.7 cm³/mol. The maximum absolute atomic E-state index is 12.6. The van der Waals surface area contributed by atoms with E-state index in [0.717, 1.165) is 24.3 Å². The molecule has 1 aromatic rings. The van der Waals surface area contributed by atoms with Crippen molar-refractivity contribution in [3.8, 4) is 0 Å². The zero-order valence-corrected chi connectivity index (χ0v) is 11.0. The van der Waals surface area contributed by atoms with Gasteiger partial charge in [0, 0.05) is 11.8 Å². The van der Waals surface area contributed by atoms with Crippen molar-refractivity contribution >= 4 is 23.4 Å². The standard InChI is InChI=1S/C11H16F3N3S/c1-3-8(6-18-2)16-10-5-7(11(12,13)14)4-9(15)17-10/h4-5,8H,3,6H2,1-2H3,(H3,15,16,17). The molecule has 0 saturated carbocycles. The van der Waals surface area contributed by atoms with Crippen molar-refractivity contribution in [3.05, 3.63) is 17.7 Å². The Hall–Kier alpha value is -1.11. The van der Waals surface area contributed by atoms with Crippen molar-refractivity contribution in [1.29, 1.82) is 0 Å². The van der Waals surface area contributed by atoms with Crippen LogP contribution in [-0.4, -0.2) is 23.0 Å². The number of nitrogens with zero attached hydrogens (tertiary/aromatic N) is 1. The molecule has 0 aliphatic heterocycles. The maximum Gasteiger partial charge on any atom is 0.416 e. The lowest BCUT2D eigenvalue weighted by molar-refractivity contribution is -0.137. The first-order chi connectivity index (χ1) is 8.36. The number of nitrogen functional groups attached to an aromatic ring is 1. The van der Waals surface area contributed by atoms with E-state index in [1.165, 1.54) is 0 Å². The molecule has 0 saturated heterocycles. The molecule has 1 aromatic heterocycles. The molecule has 1 heterocycles. The Labute approximate surface area is 108 Å². The average Bonchev–Trinajstić information content (AvgIpc) is 2.26. The normalized spacial score (nSPS) is 13.4. The van der Waals surface area contributed by atoms with Gasteiger partial charge in [0.25, 0.3) is 0 Å². The van der Waals surface area contributed by atoms with E-state index in [0.29, 0.717) is 0 Å². The highest BCUT2D eigenvalue weighted by molar-refractivity contribution is 7.98. The summed E-state index contributed by atoms with van der Waals surface area (Å²) in [6.07, 6.45) is -1.66. The minimum atomic E-state index is -4.41. The van der Waals surface area contributed by atoms with Crippen LogP contribution in [0.3, 0.4) is 0 Å². The largest absolute Gasteiger partial charge is 0.416 e. The van der Waals surface area contributed by atoms with Crippen molar-refractivity contribution in [2.24, 2.45) is 0 Å². The quantitative estimate of drug-likeness (QED) is 0.868. The van der Waals surface area contributed by atoms with Crippen molar-refractivity contribution in [2.75, 3.05) is 23.1 Å². The number of pyridine rings is 1. The molecule has 3 N–H and O–H groups in total. The number of hydrogen-bond acceptors (Lipinski definition) is 4. The van der Waals surface area contributed by atoms with Gasteiger partial charge in [-0.1, -0.05) is 6.92 Å². The molecular formula is C11H16F3N3S. The number of thioether (sulfide) groups is 1. The third-order valence-corrected chi connectivity index (χ3v) is 3.12. The van der Waals surface area contributed by atoms with Crippen LogP contribution in [0.2, 0.25) is 0 Å². The first kappa shape index (κ1) is 14.9. The number of hydrogen-bond donors (Lipinski definition) is 2. The molecule has 7 heteroatoms. The second-order valence-corrected chi connectivity index (χ2v) is 4.78. The third-order valence-electron chi connectivity index (χ3n) is 2.39. The van der Waals surface area contributed by atoms with E-state index in [9.17, 15) is 13.2 Å². The van der Waals surface area contributed by atoms with Gasteiger partial charge in [-0.05, 0) is 24.8 Å². The van der Waals surface area contributed by atoms with Crippen LogP contribution in [-0.2, 0) is 6.18 Å². The summed E-state index contributed by atoms with van der Waals surface area (Å²) in [4.78, 5) is 3.87. The minimum absolute atomic E-state index is 0.0791. The zero-order valence-electron chi connectivity index (χ0n) is 10.2. The number of rotatable bonds is 5. The molecule has 0 radical (unpaired) electrons. The Morgan fingerprint density at radius 2 is 2.11 bits per heavy atom. The van der Waals surface area contributed by atoms with Crippen LogP contribution in [0, 0.1) is 0 Å². The fourth-order valence-corrected chi connectivity index (χ4v) is 2.18. The summed E-state index contributed by atoms with van der Waals surface area (Å²) in [5, 5.41) is 2.97. The van der Waals surface area contributed by atoms with Gasteiger partial charge in [0.1, 0.15) is 11.6 Å². The lowest BCUT2D eigenvalue weighted by atomic mass is 10.2. The van der Waals surface area contributed by atoms with Crippen LogP contribution in [0.5, 0.6) is 0 Å². The first-order valence-corrected chi connectivity index (χ1v) is 6.86. The molecule has 1 atom stereocenters. The Balaban J connectivity index is 2.92. The van der Waals surface area contributed by atoms with Crippen LogP contribution in [0.4, 0.5) is 24.8 Å². The highest BCUT2D eigenvalue weighted by Crippen LogP contribution is 2.31. The monoisotopic (exact) mass is 279 g/mol. The van der Waals surface area contributed by atoms with Gasteiger partial charge in [-0.2, -0.15) is 24.9 Å². The van der Waals surface area contributed by atoms with Gasteiger partial charge in [-0.3, -0.25) is 0 Å². The van der Waals surface area contributed by atoms with Crippen LogP contribution < -0.4 is 11.1 Å². The summed E-state index contributed by atoms with van der Waals surface area (Å²) in [5.74, 6) is 0.837. The average molecular weight is 279 g/mol. The predicted octanol–water partition coefficient (Wildman–Crippen LogP) is 3.24. The second kappa shape index (κ2) is 6.17. The van der Waals surface area contributed by atoms with Crippen molar-refractivity contribution < 1.29 is 13.2 Å². The van der Waals surface area contributed by atoms with E-state index in [2.05, 4.69) is 10.3 Å². The fraction of sp³-hybridized carbons (Fsp3) is 0.545. The zero-order chi connectivity index (χ0) is 13.8. The van der Waals surface area contributed by atoms with Crippen LogP contribution in [0.15, 0.2) is 12.1 Å². The summed E-state index contributed by atoms with van der Waals surface area (Å²) >= 11 is 1.62. The number of aromatic nitrogens is 1. The fourth-order valence-electron chi connectivity index (χ4n) is 1.46. The van der Waals surface area contributed by atoms with E-state index in [1.807, 2.05) is 13.2 Å². The van der Waals surface area contributed by atoms with Crippen molar-refractivity contribution in [1.82, 2.24) is 4.98 Å². The van der Waals surface area contributed by atoms with Gasteiger partial charge < -0.3 is 11.1 Å². The topological polar surface area (TPSA) is 50.9 Å². The molecule has 18 heavy (non-hydrogen) atoms. The number of halogens is 3. The molecule has 0 aromatic carbocycles. The van der Waals surface area contributed by atoms with E-state index in [1.54, 1.807) is 11.8 Å². The summed E-state index contributed by atoms with van der Waals surface area (Å²) in [5.41, 5.74) is 4.61. The number of alkyl halides is 3. The highest BCUT2D eigenvalue weighted by atomic mass is 32.2. The molecule has 3 nitrogen and oxygen atoms in total. The van der Waals surface area contributed by atoms with Crippen LogP contribution in [0.1, 0.15) is 18.9 Å². The molecule has 102 valence electrons. The van der Waals surface area contributed by atoms with Gasteiger partial charge in [0.2, 0.25) is 0 Å². The summed E-state index contributed by atoms with van der Waals surface area (Å²) in [6, 6.07) is 1.90. The second-order valence-electron chi connectivity index (χ2n) is 3.87.